The second-order valence-corrected chi connectivity index (χ2v) is 8.35. The van der Waals surface area contributed by atoms with Crippen LogP contribution in [-0.4, -0.2) is 13.1 Å². The van der Waals surface area contributed by atoms with E-state index in [1.807, 2.05) is 0 Å². The molecule has 0 bridgehead atoms. The number of benzene rings is 1. The normalized spacial score (nSPS) is 33.5. The zero-order chi connectivity index (χ0) is 14.9. The predicted molar refractivity (Wildman–Crippen MR) is 93.6 cm³/mol. The Kier molecular flexibility index (Phi) is 4.75. The van der Waals surface area contributed by atoms with E-state index in [0.29, 0.717) is 11.3 Å². The fourth-order valence-electron chi connectivity index (χ4n) is 4.73. The molecular weight excluding hydrogens is 322 g/mol. The summed E-state index contributed by atoms with van der Waals surface area (Å²) in [5, 5.41) is 3.66. The quantitative estimate of drug-likeness (QED) is 0.757. The molecular formula is C19H28BrN. The summed E-state index contributed by atoms with van der Waals surface area (Å²) in [4.78, 5) is 0. The van der Waals surface area contributed by atoms with Crippen molar-refractivity contribution in [1.82, 2.24) is 5.32 Å². The van der Waals surface area contributed by atoms with Crippen LogP contribution in [0.2, 0.25) is 0 Å². The molecule has 0 aromatic heterocycles. The highest BCUT2D eigenvalue weighted by molar-refractivity contribution is 9.10. The Hall–Kier alpha value is -0.340. The summed E-state index contributed by atoms with van der Waals surface area (Å²) in [6, 6.07) is 8.88. The van der Waals surface area contributed by atoms with Crippen LogP contribution in [0.4, 0.5) is 0 Å². The fraction of sp³-hybridized carbons (Fsp3) is 0.684. The maximum Gasteiger partial charge on any atom is 0.0210 e. The Bertz CT molecular complexity index is 480. The third kappa shape index (κ3) is 3.07. The zero-order valence-electron chi connectivity index (χ0n) is 13.4. The largest absolute Gasteiger partial charge is 0.316 e. The van der Waals surface area contributed by atoms with Gasteiger partial charge in [0.2, 0.25) is 0 Å². The minimum atomic E-state index is 0.530. The summed E-state index contributed by atoms with van der Waals surface area (Å²) in [5.74, 6) is 2.42. The molecule has 21 heavy (non-hydrogen) atoms. The van der Waals surface area contributed by atoms with E-state index in [-0.39, 0.29) is 0 Å². The second kappa shape index (κ2) is 6.42. The first-order valence-corrected chi connectivity index (χ1v) is 9.37. The van der Waals surface area contributed by atoms with E-state index in [1.165, 1.54) is 48.7 Å². The lowest BCUT2D eigenvalue weighted by Gasteiger charge is -2.50. The molecule has 1 aliphatic carbocycles. The molecule has 0 amide bonds. The van der Waals surface area contributed by atoms with Gasteiger partial charge < -0.3 is 5.32 Å². The van der Waals surface area contributed by atoms with E-state index in [9.17, 15) is 0 Å². The van der Waals surface area contributed by atoms with Crippen LogP contribution in [0.1, 0.15) is 57.4 Å². The molecule has 1 saturated heterocycles. The van der Waals surface area contributed by atoms with Crippen molar-refractivity contribution in [2.75, 3.05) is 13.1 Å². The molecule has 3 atom stereocenters. The Labute approximate surface area is 138 Å². The lowest BCUT2D eigenvalue weighted by atomic mass is 9.57. The molecule has 2 heteroatoms. The van der Waals surface area contributed by atoms with Gasteiger partial charge in [0, 0.05) is 16.9 Å². The molecule has 1 nitrogen and oxygen atoms in total. The SMILES string of the molecule is CC(C)C1CCCC2(CCNCC2c2ccccc2Br)C1. The molecule has 3 rings (SSSR count). The van der Waals surface area contributed by atoms with Crippen LogP contribution < -0.4 is 5.32 Å². The molecule has 1 aromatic rings. The van der Waals surface area contributed by atoms with Gasteiger partial charge in [0.25, 0.3) is 0 Å². The van der Waals surface area contributed by atoms with Gasteiger partial charge in [-0.2, -0.15) is 0 Å². The number of rotatable bonds is 2. The van der Waals surface area contributed by atoms with Crippen LogP contribution in [-0.2, 0) is 0 Å². The Morgan fingerprint density at radius 2 is 2.05 bits per heavy atom. The zero-order valence-corrected chi connectivity index (χ0v) is 15.0. The highest BCUT2D eigenvalue weighted by Crippen LogP contribution is 2.54. The Morgan fingerprint density at radius 1 is 1.24 bits per heavy atom. The van der Waals surface area contributed by atoms with Gasteiger partial charge >= 0.3 is 0 Å². The lowest BCUT2D eigenvalue weighted by Crippen LogP contribution is -2.46. The molecule has 2 aliphatic rings. The van der Waals surface area contributed by atoms with Gasteiger partial charge in [0.05, 0.1) is 0 Å². The summed E-state index contributed by atoms with van der Waals surface area (Å²) in [5.41, 5.74) is 2.05. The third-order valence-electron chi connectivity index (χ3n) is 6.03. The van der Waals surface area contributed by atoms with E-state index in [2.05, 4.69) is 59.4 Å². The van der Waals surface area contributed by atoms with Crippen molar-refractivity contribution in [2.45, 2.75) is 51.9 Å². The smallest absolute Gasteiger partial charge is 0.0210 e. The van der Waals surface area contributed by atoms with E-state index < -0.39 is 0 Å². The van der Waals surface area contributed by atoms with Gasteiger partial charge in [0.1, 0.15) is 0 Å². The molecule has 1 N–H and O–H groups in total. The number of nitrogens with one attached hydrogen (secondary N) is 1. The van der Waals surface area contributed by atoms with Crippen molar-refractivity contribution in [1.29, 1.82) is 0 Å². The fourth-order valence-corrected chi connectivity index (χ4v) is 5.29. The second-order valence-electron chi connectivity index (χ2n) is 7.49. The van der Waals surface area contributed by atoms with E-state index >= 15 is 0 Å². The molecule has 1 saturated carbocycles. The lowest BCUT2D eigenvalue weighted by molar-refractivity contribution is 0.0543. The van der Waals surface area contributed by atoms with Crippen molar-refractivity contribution >= 4 is 15.9 Å². The van der Waals surface area contributed by atoms with E-state index in [1.54, 1.807) is 0 Å². The van der Waals surface area contributed by atoms with Crippen molar-refractivity contribution in [2.24, 2.45) is 17.3 Å². The average molecular weight is 350 g/mol. The van der Waals surface area contributed by atoms with Crippen molar-refractivity contribution in [3.05, 3.63) is 34.3 Å². The number of hydrogen-bond donors (Lipinski definition) is 1. The standard InChI is InChI=1S/C19H28BrN/c1-14(2)15-6-5-9-19(12-15)10-11-21-13-17(19)16-7-3-4-8-18(16)20/h3-4,7-8,14-15,17,21H,5-6,9-13H2,1-2H3. The van der Waals surface area contributed by atoms with E-state index in [4.69, 9.17) is 0 Å². The predicted octanol–water partition coefficient (Wildman–Crippen LogP) is 5.36. The topological polar surface area (TPSA) is 12.0 Å². The summed E-state index contributed by atoms with van der Waals surface area (Å²) in [7, 11) is 0. The first kappa shape index (κ1) is 15.6. The maximum atomic E-state index is 3.80. The van der Waals surface area contributed by atoms with Gasteiger partial charge in [-0.1, -0.05) is 60.8 Å². The van der Waals surface area contributed by atoms with Gasteiger partial charge in [-0.05, 0) is 54.7 Å². The summed E-state index contributed by atoms with van der Waals surface area (Å²) >= 11 is 3.80. The van der Waals surface area contributed by atoms with Gasteiger partial charge in [-0.15, -0.1) is 0 Å². The molecule has 1 aliphatic heterocycles. The van der Waals surface area contributed by atoms with Gasteiger partial charge in [0.15, 0.2) is 0 Å². The molecule has 0 radical (unpaired) electrons. The molecule has 1 spiro atoms. The molecule has 2 fully saturated rings. The highest BCUT2D eigenvalue weighted by atomic mass is 79.9. The monoisotopic (exact) mass is 349 g/mol. The van der Waals surface area contributed by atoms with Crippen LogP contribution in [0, 0.1) is 17.3 Å². The average Bonchev–Trinajstić information content (AvgIpc) is 2.49. The minimum absolute atomic E-state index is 0.530. The first-order chi connectivity index (χ1) is 10.1. The molecule has 1 heterocycles. The van der Waals surface area contributed by atoms with Crippen molar-refractivity contribution in [3.63, 3.8) is 0 Å². The maximum absolute atomic E-state index is 3.80. The van der Waals surface area contributed by atoms with Crippen molar-refractivity contribution in [3.8, 4) is 0 Å². The summed E-state index contributed by atoms with van der Waals surface area (Å²) in [6.07, 6.45) is 7.06. The van der Waals surface area contributed by atoms with Gasteiger partial charge in [-0.3, -0.25) is 0 Å². The van der Waals surface area contributed by atoms with E-state index in [0.717, 1.165) is 18.4 Å². The summed E-state index contributed by atoms with van der Waals surface area (Å²) < 4.78 is 1.30. The minimum Gasteiger partial charge on any atom is -0.316 e. The Balaban J connectivity index is 1.92. The van der Waals surface area contributed by atoms with Crippen LogP contribution in [0.15, 0.2) is 28.7 Å². The number of piperidine rings is 1. The van der Waals surface area contributed by atoms with Crippen molar-refractivity contribution < 1.29 is 0 Å². The van der Waals surface area contributed by atoms with Crippen LogP contribution in [0.25, 0.3) is 0 Å². The van der Waals surface area contributed by atoms with Crippen LogP contribution in [0.3, 0.4) is 0 Å². The molecule has 1 aromatic carbocycles. The highest BCUT2D eigenvalue weighted by Gasteiger charge is 2.45. The van der Waals surface area contributed by atoms with Crippen LogP contribution >= 0.6 is 15.9 Å². The Morgan fingerprint density at radius 3 is 2.81 bits per heavy atom. The van der Waals surface area contributed by atoms with Gasteiger partial charge in [-0.25, -0.2) is 0 Å². The van der Waals surface area contributed by atoms with Crippen LogP contribution in [0.5, 0.6) is 0 Å². The summed E-state index contributed by atoms with van der Waals surface area (Å²) in [6.45, 7) is 7.18. The molecule has 116 valence electrons. The molecule has 3 unspecified atom stereocenters. The number of hydrogen-bond acceptors (Lipinski definition) is 1. The first-order valence-electron chi connectivity index (χ1n) is 8.57. The third-order valence-corrected chi connectivity index (χ3v) is 6.75. The number of halogens is 1.